The third-order valence-corrected chi connectivity index (χ3v) is 4.22. The fraction of sp³-hybridized carbons (Fsp3) is 0.500. The number of halogens is 2. The molecule has 1 aromatic carbocycles. The Hall–Kier alpha value is -1.38. The van der Waals surface area contributed by atoms with E-state index in [2.05, 4.69) is 5.32 Å². The number of ether oxygens (including phenoxy) is 1. The van der Waals surface area contributed by atoms with E-state index in [-0.39, 0.29) is 11.7 Å². The van der Waals surface area contributed by atoms with Crippen LogP contribution in [-0.2, 0) is 9.53 Å². The number of carbonyl (C=O) groups excluding carboxylic acids is 2. The van der Waals surface area contributed by atoms with Gasteiger partial charge in [-0.25, -0.2) is 9.18 Å². The predicted molar refractivity (Wildman–Crippen MR) is 93.9 cm³/mol. The molecule has 0 aliphatic carbocycles. The van der Waals surface area contributed by atoms with E-state index in [4.69, 9.17) is 4.74 Å². The molecular weight excluding hydrogens is 414 g/mol. The van der Waals surface area contributed by atoms with E-state index in [9.17, 15) is 14.0 Å². The van der Waals surface area contributed by atoms with Gasteiger partial charge in [-0.3, -0.25) is 4.79 Å². The van der Waals surface area contributed by atoms with E-state index in [1.807, 2.05) is 22.6 Å². The Kier molecular flexibility index (Phi) is 5.49. The molecule has 7 heteroatoms. The maximum absolute atomic E-state index is 13.7. The Morgan fingerprint density at radius 1 is 1.43 bits per heavy atom. The molecule has 1 aliphatic rings. The minimum atomic E-state index is -0.652. The van der Waals surface area contributed by atoms with Crippen molar-refractivity contribution in [3.05, 3.63) is 27.6 Å². The van der Waals surface area contributed by atoms with Gasteiger partial charge in [0.25, 0.3) is 0 Å². The number of hydrogen-bond acceptors (Lipinski definition) is 3. The molecule has 1 fully saturated rings. The summed E-state index contributed by atoms with van der Waals surface area (Å²) in [5.74, 6) is -0.610. The van der Waals surface area contributed by atoms with Crippen LogP contribution >= 0.6 is 22.6 Å². The largest absolute Gasteiger partial charge is 0.444 e. The highest BCUT2D eigenvalue weighted by molar-refractivity contribution is 14.1. The first-order valence-electron chi connectivity index (χ1n) is 7.43. The van der Waals surface area contributed by atoms with Crippen molar-refractivity contribution in [1.29, 1.82) is 0 Å². The Bertz CT molecular complexity index is 616. The van der Waals surface area contributed by atoms with Gasteiger partial charge in [0.05, 0.1) is 0 Å². The van der Waals surface area contributed by atoms with Gasteiger partial charge in [-0.2, -0.15) is 0 Å². The monoisotopic (exact) mass is 434 g/mol. The summed E-state index contributed by atoms with van der Waals surface area (Å²) in [6.45, 7) is 5.78. The number of carbonyl (C=O) groups is 2. The smallest absolute Gasteiger partial charge is 0.408 e. The lowest BCUT2D eigenvalue weighted by atomic mass is 10.0. The standard InChI is InChI=1S/C16H20FIN2O3/c1-16(2,3)23-15(22)19-13-5-4-8-20(14(13)21)10-6-7-12(18)11(17)9-10/h6-7,9,13H,4-5,8H2,1-3H3,(H,19,22). The molecule has 23 heavy (non-hydrogen) atoms. The minimum absolute atomic E-state index is 0.247. The molecule has 0 aromatic heterocycles. The molecule has 1 saturated heterocycles. The van der Waals surface area contributed by atoms with Crippen LogP contribution in [0.2, 0.25) is 0 Å². The summed E-state index contributed by atoms with van der Waals surface area (Å²) in [7, 11) is 0. The van der Waals surface area contributed by atoms with Crippen molar-refractivity contribution in [2.75, 3.05) is 11.4 Å². The van der Waals surface area contributed by atoms with Crippen LogP contribution in [0, 0.1) is 9.39 Å². The molecule has 5 nitrogen and oxygen atoms in total. The molecule has 1 aromatic rings. The number of anilines is 1. The van der Waals surface area contributed by atoms with Gasteiger partial charge < -0.3 is 15.0 Å². The Morgan fingerprint density at radius 2 is 2.13 bits per heavy atom. The van der Waals surface area contributed by atoms with Crippen LogP contribution in [0.3, 0.4) is 0 Å². The average molecular weight is 434 g/mol. The number of nitrogens with zero attached hydrogens (tertiary/aromatic N) is 1. The predicted octanol–water partition coefficient (Wildman–Crippen LogP) is 3.45. The second kappa shape index (κ2) is 7.02. The van der Waals surface area contributed by atoms with Crippen molar-refractivity contribution >= 4 is 40.3 Å². The van der Waals surface area contributed by atoms with Crippen molar-refractivity contribution < 1.29 is 18.7 Å². The van der Waals surface area contributed by atoms with Crippen molar-refractivity contribution in [2.45, 2.75) is 45.3 Å². The molecule has 2 amide bonds. The van der Waals surface area contributed by atoms with E-state index in [0.29, 0.717) is 22.2 Å². The first-order valence-corrected chi connectivity index (χ1v) is 8.51. The summed E-state index contributed by atoms with van der Waals surface area (Å²) in [5, 5.41) is 2.60. The highest BCUT2D eigenvalue weighted by atomic mass is 127. The zero-order chi connectivity index (χ0) is 17.2. The van der Waals surface area contributed by atoms with Gasteiger partial charge in [0.1, 0.15) is 17.5 Å². The summed E-state index contributed by atoms with van der Waals surface area (Å²) >= 11 is 1.90. The van der Waals surface area contributed by atoms with Crippen molar-refractivity contribution in [3.8, 4) is 0 Å². The first kappa shape index (κ1) is 18.0. The topological polar surface area (TPSA) is 58.6 Å². The van der Waals surface area contributed by atoms with Crippen LogP contribution in [-0.4, -0.2) is 30.2 Å². The zero-order valence-electron chi connectivity index (χ0n) is 13.4. The summed E-state index contributed by atoms with van der Waals surface area (Å²) in [6.07, 6.45) is 0.646. The molecule has 1 aliphatic heterocycles. The Balaban J connectivity index is 2.09. The van der Waals surface area contributed by atoms with E-state index in [0.717, 1.165) is 6.42 Å². The number of amides is 2. The number of rotatable bonds is 2. The van der Waals surface area contributed by atoms with Crippen LogP contribution in [0.5, 0.6) is 0 Å². The van der Waals surface area contributed by atoms with E-state index in [1.165, 1.54) is 11.0 Å². The van der Waals surface area contributed by atoms with Crippen LogP contribution in [0.4, 0.5) is 14.9 Å². The normalized spacial score (nSPS) is 18.7. The number of nitrogens with one attached hydrogen (secondary N) is 1. The molecule has 1 unspecified atom stereocenters. The summed E-state index contributed by atoms with van der Waals surface area (Å²) < 4.78 is 19.4. The number of alkyl carbamates (subject to hydrolysis) is 1. The Morgan fingerprint density at radius 3 is 2.74 bits per heavy atom. The molecule has 0 bridgehead atoms. The molecular formula is C16H20FIN2O3. The molecule has 1 N–H and O–H groups in total. The van der Waals surface area contributed by atoms with Crippen LogP contribution < -0.4 is 10.2 Å². The summed E-state index contributed by atoms with van der Waals surface area (Å²) in [6, 6.07) is 4.03. The van der Waals surface area contributed by atoms with Crippen molar-refractivity contribution in [2.24, 2.45) is 0 Å². The minimum Gasteiger partial charge on any atom is -0.444 e. The second-order valence-corrected chi connectivity index (χ2v) is 7.59. The maximum Gasteiger partial charge on any atom is 0.408 e. The molecule has 0 saturated carbocycles. The highest BCUT2D eigenvalue weighted by Crippen LogP contribution is 2.24. The number of benzene rings is 1. The second-order valence-electron chi connectivity index (χ2n) is 6.43. The quantitative estimate of drug-likeness (QED) is 0.726. The van der Waals surface area contributed by atoms with Gasteiger partial charge in [0.15, 0.2) is 0 Å². The van der Waals surface area contributed by atoms with Gasteiger partial charge in [-0.1, -0.05) is 0 Å². The van der Waals surface area contributed by atoms with Crippen molar-refractivity contribution in [3.63, 3.8) is 0 Å². The molecule has 0 spiro atoms. The third-order valence-electron chi connectivity index (χ3n) is 3.34. The van der Waals surface area contributed by atoms with E-state index in [1.54, 1.807) is 32.9 Å². The lowest BCUT2D eigenvalue weighted by Gasteiger charge is -2.33. The average Bonchev–Trinajstić information content (AvgIpc) is 2.42. The first-order chi connectivity index (χ1) is 10.7. The lowest BCUT2D eigenvalue weighted by molar-refractivity contribution is -0.121. The summed E-state index contributed by atoms with van der Waals surface area (Å²) in [5.41, 5.74) is -0.121. The summed E-state index contributed by atoms with van der Waals surface area (Å²) in [4.78, 5) is 25.9. The fourth-order valence-electron chi connectivity index (χ4n) is 2.37. The van der Waals surface area contributed by atoms with Crippen molar-refractivity contribution in [1.82, 2.24) is 5.32 Å². The van der Waals surface area contributed by atoms with Gasteiger partial charge >= 0.3 is 6.09 Å². The lowest BCUT2D eigenvalue weighted by Crippen LogP contribution is -2.53. The fourth-order valence-corrected chi connectivity index (χ4v) is 2.70. The zero-order valence-corrected chi connectivity index (χ0v) is 15.5. The molecule has 126 valence electrons. The van der Waals surface area contributed by atoms with Gasteiger partial charge in [0.2, 0.25) is 5.91 Å². The molecule has 2 rings (SSSR count). The third kappa shape index (κ3) is 4.79. The highest BCUT2D eigenvalue weighted by Gasteiger charge is 2.32. The van der Waals surface area contributed by atoms with Gasteiger partial charge in [-0.15, -0.1) is 0 Å². The Labute approximate surface area is 148 Å². The molecule has 0 radical (unpaired) electrons. The maximum atomic E-state index is 13.7. The van der Waals surface area contributed by atoms with E-state index >= 15 is 0 Å². The van der Waals surface area contributed by atoms with Gasteiger partial charge in [-0.05, 0) is 74.4 Å². The van der Waals surface area contributed by atoms with Crippen LogP contribution in [0.1, 0.15) is 33.6 Å². The SMILES string of the molecule is CC(C)(C)OC(=O)NC1CCCN(c2ccc(I)c(F)c2)C1=O. The number of piperidine rings is 1. The van der Waals surface area contributed by atoms with Crippen LogP contribution in [0.15, 0.2) is 18.2 Å². The van der Waals surface area contributed by atoms with E-state index < -0.39 is 17.7 Å². The number of hydrogen-bond donors (Lipinski definition) is 1. The van der Waals surface area contributed by atoms with Crippen LogP contribution in [0.25, 0.3) is 0 Å². The van der Waals surface area contributed by atoms with Gasteiger partial charge in [0, 0.05) is 15.8 Å². The molecule has 1 heterocycles. The molecule has 1 atom stereocenters.